The van der Waals surface area contributed by atoms with Crippen molar-refractivity contribution in [3.63, 3.8) is 0 Å². The van der Waals surface area contributed by atoms with Gasteiger partial charge in [0.15, 0.2) is 0 Å². The van der Waals surface area contributed by atoms with Gasteiger partial charge in [-0.3, -0.25) is 4.79 Å². The van der Waals surface area contributed by atoms with Crippen LogP contribution in [0.4, 0.5) is 8.78 Å². The van der Waals surface area contributed by atoms with Crippen molar-refractivity contribution in [3.05, 3.63) is 86.9 Å². The number of benzene rings is 2. The molecule has 0 saturated heterocycles. The van der Waals surface area contributed by atoms with Crippen LogP contribution in [0.5, 0.6) is 0 Å². The minimum atomic E-state index is -0.494. The zero-order valence-corrected chi connectivity index (χ0v) is 15.9. The quantitative estimate of drug-likeness (QED) is 0.498. The highest BCUT2D eigenvalue weighted by molar-refractivity contribution is 6.31. The van der Waals surface area contributed by atoms with E-state index in [0.29, 0.717) is 16.6 Å². The zero-order valence-electron chi connectivity index (χ0n) is 15.1. The van der Waals surface area contributed by atoms with Crippen LogP contribution < -0.4 is 5.56 Å². The highest BCUT2D eigenvalue weighted by Crippen LogP contribution is 2.41. The van der Waals surface area contributed by atoms with Crippen LogP contribution in [0.25, 0.3) is 16.6 Å². The molecule has 5 rings (SSSR count). The first kappa shape index (κ1) is 18.0. The molecule has 1 saturated carbocycles. The predicted octanol–water partition coefficient (Wildman–Crippen LogP) is 4.44. The Balaban J connectivity index is 1.73. The Kier molecular flexibility index (Phi) is 4.20. The van der Waals surface area contributed by atoms with Gasteiger partial charge in [0.1, 0.15) is 17.2 Å². The van der Waals surface area contributed by atoms with Gasteiger partial charge in [0.2, 0.25) is 0 Å². The summed E-state index contributed by atoms with van der Waals surface area (Å²) in [4.78, 5) is 13.3. The molecule has 5 nitrogen and oxygen atoms in total. The van der Waals surface area contributed by atoms with Crippen molar-refractivity contribution >= 4 is 22.5 Å². The molecule has 1 aliphatic carbocycles. The number of hydrogen-bond acceptors (Lipinski definition) is 3. The predicted molar refractivity (Wildman–Crippen MR) is 106 cm³/mol. The van der Waals surface area contributed by atoms with E-state index in [-0.39, 0.29) is 28.9 Å². The van der Waals surface area contributed by atoms with E-state index in [1.807, 2.05) is 0 Å². The van der Waals surface area contributed by atoms with Crippen molar-refractivity contribution in [2.75, 3.05) is 0 Å². The van der Waals surface area contributed by atoms with Crippen LogP contribution in [-0.2, 0) is 6.54 Å². The Morgan fingerprint density at radius 2 is 1.86 bits per heavy atom. The third kappa shape index (κ3) is 3.11. The maximum atomic E-state index is 14.3. The zero-order chi connectivity index (χ0) is 20.1. The van der Waals surface area contributed by atoms with Crippen molar-refractivity contribution in [1.82, 2.24) is 19.6 Å². The SMILES string of the molecule is O=c1c2c(cnn2-c2ccc(F)cc2)c(C2CC2)nn1Cc1c(F)cccc1Cl. The molecule has 0 radical (unpaired) electrons. The van der Waals surface area contributed by atoms with E-state index in [9.17, 15) is 13.6 Å². The normalized spacial score (nSPS) is 13.9. The molecule has 0 spiro atoms. The molecule has 0 unspecified atom stereocenters. The van der Waals surface area contributed by atoms with Crippen molar-refractivity contribution < 1.29 is 8.78 Å². The standard InChI is InChI=1S/C21H15ClF2N4O/c22-17-2-1-3-18(24)16(17)11-27-21(29)20-15(19(26-27)12-4-5-12)10-25-28(20)14-8-6-13(23)7-9-14/h1-3,6-10,12H,4-5,11H2. The number of nitrogens with zero attached hydrogens (tertiary/aromatic N) is 4. The molecule has 0 bridgehead atoms. The van der Waals surface area contributed by atoms with Crippen LogP contribution in [0.15, 0.2) is 53.5 Å². The van der Waals surface area contributed by atoms with Gasteiger partial charge in [0.25, 0.3) is 5.56 Å². The average Bonchev–Trinajstić information content (AvgIpc) is 3.45. The van der Waals surface area contributed by atoms with Gasteiger partial charge in [-0.05, 0) is 49.2 Å². The second kappa shape index (κ2) is 6.77. The summed E-state index contributed by atoms with van der Waals surface area (Å²) < 4.78 is 30.3. The van der Waals surface area contributed by atoms with E-state index < -0.39 is 11.4 Å². The van der Waals surface area contributed by atoms with Crippen LogP contribution in [-0.4, -0.2) is 19.6 Å². The summed E-state index contributed by atoms with van der Waals surface area (Å²) in [5.41, 5.74) is 1.45. The topological polar surface area (TPSA) is 52.7 Å². The van der Waals surface area contributed by atoms with Crippen LogP contribution >= 0.6 is 11.6 Å². The van der Waals surface area contributed by atoms with E-state index in [1.54, 1.807) is 24.4 Å². The first-order valence-electron chi connectivity index (χ1n) is 9.20. The monoisotopic (exact) mass is 412 g/mol. The van der Waals surface area contributed by atoms with Crippen LogP contribution in [0.3, 0.4) is 0 Å². The number of fused-ring (bicyclic) bond motifs is 1. The Hall–Kier alpha value is -3.06. The minimum Gasteiger partial charge on any atom is -0.265 e. The molecule has 2 aromatic heterocycles. The summed E-state index contributed by atoms with van der Waals surface area (Å²) in [6, 6.07) is 10.1. The molecule has 0 atom stereocenters. The fourth-order valence-electron chi connectivity index (χ4n) is 3.47. The van der Waals surface area contributed by atoms with Gasteiger partial charge in [-0.15, -0.1) is 0 Å². The van der Waals surface area contributed by atoms with Crippen molar-refractivity contribution in [2.24, 2.45) is 0 Å². The lowest BCUT2D eigenvalue weighted by molar-refractivity contribution is 0.569. The number of halogens is 3. The third-order valence-corrected chi connectivity index (χ3v) is 5.47. The van der Waals surface area contributed by atoms with E-state index in [0.717, 1.165) is 18.5 Å². The molecular weight excluding hydrogens is 398 g/mol. The molecule has 0 amide bonds. The first-order chi connectivity index (χ1) is 14.0. The number of hydrogen-bond donors (Lipinski definition) is 0. The molecule has 2 heterocycles. The van der Waals surface area contributed by atoms with Crippen molar-refractivity contribution in [2.45, 2.75) is 25.3 Å². The van der Waals surface area contributed by atoms with Crippen molar-refractivity contribution in [1.29, 1.82) is 0 Å². The molecule has 0 N–H and O–H groups in total. The highest BCUT2D eigenvalue weighted by Gasteiger charge is 2.30. The lowest BCUT2D eigenvalue weighted by atomic mass is 10.2. The molecule has 1 fully saturated rings. The van der Waals surface area contributed by atoms with Gasteiger partial charge in [0.05, 0.1) is 24.1 Å². The average molecular weight is 413 g/mol. The highest BCUT2D eigenvalue weighted by atomic mass is 35.5. The van der Waals surface area contributed by atoms with E-state index in [1.165, 1.54) is 33.6 Å². The van der Waals surface area contributed by atoms with E-state index >= 15 is 0 Å². The Morgan fingerprint density at radius 1 is 1.10 bits per heavy atom. The van der Waals surface area contributed by atoms with Crippen LogP contribution in [0, 0.1) is 11.6 Å². The molecule has 1 aliphatic rings. The smallest absolute Gasteiger partial charge is 0.265 e. The molecule has 8 heteroatoms. The van der Waals surface area contributed by atoms with Gasteiger partial charge in [-0.1, -0.05) is 17.7 Å². The Labute approximate surface area is 169 Å². The summed E-state index contributed by atoms with van der Waals surface area (Å²) in [7, 11) is 0. The van der Waals surface area contributed by atoms with Crippen LogP contribution in [0.2, 0.25) is 5.02 Å². The van der Waals surface area contributed by atoms with Crippen LogP contribution in [0.1, 0.15) is 30.0 Å². The lowest BCUT2D eigenvalue weighted by Crippen LogP contribution is -2.27. The molecule has 2 aromatic carbocycles. The molecule has 0 aliphatic heterocycles. The van der Waals surface area contributed by atoms with E-state index in [2.05, 4.69) is 10.2 Å². The van der Waals surface area contributed by atoms with Gasteiger partial charge in [0, 0.05) is 21.9 Å². The van der Waals surface area contributed by atoms with E-state index in [4.69, 9.17) is 11.6 Å². The molecule has 146 valence electrons. The van der Waals surface area contributed by atoms with Gasteiger partial charge in [-0.2, -0.15) is 10.2 Å². The largest absolute Gasteiger partial charge is 0.293 e. The summed E-state index contributed by atoms with van der Waals surface area (Å²) in [5, 5.41) is 9.78. The van der Waals surface area contributed by atoms with Gasteiger partial charge >= 0.3 is 0 Å². The molecule has 4 aromatic rings. The third-order valence-electron chi connectivity index (χ3n) is 5.12. The Bertz CT molecular complexity index is 1270. The van der Waals surface area contributed by atoms with Gasteiger partial charge in [-0.25, -0.2) is 18.1 Å². The number of rotatable bonds is 4. The second-order valence-corrected chi connectivity index (χ2v) is 7.52. The molecular formula is C21H15ClF2N4O. The fraction of sp³-hybridized carbons (Fsp3) is 0.190. The summed E-state index contributed by atoms with van der Waals surface area (Å²) >= 11 is 6.15. The second-order valence-electron chi connectivity index (χ2n) is 7.12. The number of aromatic nitrogens is 4. The maximum absolute atomic E-state index is 14.3. The van der Waals surface area contributed by atoms with Gasteiger partial charge < -0.3 is 0 Å². The summed E-state index contributed by atoms with van der Waals surface area (Å²) in [6.45, 7) is -0.0887. The maximum Gasteiger partial charge on any atom is 0.293 e. The lowest BCUT2D eigenvalue weighted by Gasteiger charge is -2.11. The fourth-order valence-corrected chi connectivity index (χ4v) is 3.69. The van der Waals surface area contributed by atoms with Crippen molar-refractivity contribution in [3.8, 4) is 5.69 Å². The minimum absolute atomic E-state index is 0.0887. The Morgan fingerprint density at radius 3 is 2.55 bits per heavy atom. The summed E-state index contributed by atoms with van der Waals surface area (Å²) in [5.74, 6) is -0.630. The summed E-state index contributed by atoms with van der Waals surface area (Å²) in [6.07, 6.45) is 3.56. The first-order valence-corrected chi connectivity index (χ1v) is 9.58. The molecule has 29 heavy (non-hydrogen) atoms.